The average Bonchev–Trinajstić information content (AvgIpc) is 2.39. The topological polar surface area (TPSA) is 68.5 Å². The van der Waals surface area contributed by atoms with Crippen LogP contribution < -0.4 is 10.3 Å². The van der Waals surface area contributed by atoms with Crippen LogP contribution in [0, 0.1) is 0 Å². The largest absolute Gasteiger partial charge is 0.477 e. The van der Waals surface area contributed by atoms with E-state index in [-0.39, 0.29) is 5.56 Å². The van der Waals surface area contributed by atoms with E-state index >= 15 is 0 Å². The molecule has 1 aromatic carbocycles. The third kappa shape index (κ3) is 2.10. The molecule has 1 heterocycles. The Balaban J connectivity index is 2.66. The number of rotatable bonds is 3. The van der Waals surface area contributed by atoms with Gasteiger partial charge < -0.3 is 9.94 Å². The number of hydrogen-bond acceptors (Lipinski definition) is 3. The molecule has 1 aromatic heterocycles. The minimum atomic E-state index is -1.27. The van der Waals surface area contributed by atoms with E-state index in [1.165, 1.54) is 24.1 Å². The van der Waals surface area contributed by atoms with Crippen molar-refractivity contribution < 1.29 is 14.7 Å². The van der Waals surface area contributed by atoms with Crippen LogP contribution in [0.25, 0.3) is 11.3 Å². The van der Waals surface area contributed by atoms with Gasteiger partial charge in [0.2, 0.25) is 0 Å². The Kier molecular flexibility index (Phi) is 3.14. The minimum absolute atomic E-state index is 0.323. The van der Waals surface area contributed by atoms with Gasteiger partial charge in [-0.25, -0.2) is 4.79 Å². The van der Waals surface area contributed by atoms with Gasteiger partial charge in [0.25, 0.3) is 0 Å². The number of carboxylic acids is 1. The van der Waals surface area contributed by atoms with Gasteiger partial charge in [-0.1, -0.05) is 30.3 Å². The minimum Gasteiger partial charge on any atom is -0.477 e. The summed E-state index contributed by atoms with van der Waals surface area (Å²) in [6.07, 6.45) is 1.17. The van der Waals surface area contributed by atoms with Gasteiger partial charge in [0, 0.05) is 11.6 Å². The van der Waals surface area contributed by atoms with Gasteiger partial charge in [0.05, 0.1) is 11.9 Å². The Morgan fingerprint density at radius 2 is 1.94 bits per heavy atom. The van der Waals surface area contributed by atoms with Crippen molar-refractivity contribution in [3.63, 3.8) is 0 Å². The highest BCUT2D eigenvalue weighted by Gasteiger charge is 2.13. The Morgan fingerprint density at radius 1 is 1.28 bits per heavy atom. The summed E-state index contributed by atoms with van der Waals surface area (Å²) in [5.41, 5.74) is 0.410. The van der Waals surface area contributed by atoms with Crippen LogP contribution in [0.1, 0.15) is 10.4 Å². The fraction of sp³-hybridized carbons (Fsp3) is 0.0769. The maximum atomic E-state index is 11.7. The molecule has 0 aliphatic rings. The number of benzene rings is 1. The zero-order chi connectivity index (χ0) is 13.1. The molecule has 0 saturated carbocycles. The molecule has 0 spiro atoms. The molecular weight excluding hydrogens is 234 g/mol. The molecule has 92 valence electrons. The molecule has 1 N–H and O–H groups in total. The maximum absolute atomic E-state index is 11.7. The van der Waals surface area contributed by atoms with Crippen molar-refractivity contribution in [2.45, 2.75) is 0 Å². The van der Waals surface area contributed by atoms with E-state index in [0.29, 0.717) is 5.69 Å². The van der Waals surface area contributed by atoms with Crippen LogP contribution in [-0.4, -0.2) is 22.9 Å². The van der Waals surface area contributed by atoms with Crippen LogP contribution in [0.2, 0.25) is 0 Å². The molecule has 0 unspecified atom stereocenters. The van der Waals surface area contributed by atoms with Crippen LogP contribution >= 0.6 is 0 Å². The SMILES string of the molecule is COn1cc(C(=O)O)c(=O)cc1-c1ccccc1. The number of nitrogens with zero attached hydrogens (tertiary/aromatic N) is 1. The quantitative estimate of drug-likeness (QED) is 0.884. The van der Waals surface area contributed by atoms with Crippen LogP contribution in [0.3, 0.4) is 0 Å². The number of hydrogen-bond donors (Lipinski definition) is 1. The Hall–Kier alpha value is -2.56. The van der Waals surface area contributed by atoms with E-state index in [2.05, 4.69) is 0 Å². The molecule has 0 fully saturated rings. The zero-order valence-corrected chi connectivity index (χ0v) is 9.66. The number of carboxylic acid groups (broad SMARTS) is 1. The zero-order valence-electron chi connectivity index (χ0n) is 9.66. The van der Waals surface area contributed by atoms with Crippen molar-refractivity contribution in [2.24, 2.45) is 0 Å². The molecule has 0 bridgehead atoms. The fourth-order valence-electron chi connectivity index (χ4n) is 1.65. The summed E-state index contributed by atoms with van der Waals surface area (Å²) in [6, 6.07) is 10.4. The van der Waals surface area contributed by atoms with Gasteiger partial charge in [-0.2, -0.15) is 4.73 Å². The smallest absolute Gasteiger partial charge is 0.341 e. The van der Waals surface area contributed by atoms with Crippen molar-refractivity contribution in [1.82, 2.24) is 4.73 Å². The molecule has 2 aromatic rings. The lowest BCUT2D eigenvalue weighted by atomic mass is 10.1. The highest BCUT2D eigenvalue weighted by molar-refractivity contribution is 5.87. The lowest BCUT2D eigenvalue weighted by Gasteiger charge is -2.12. The molecule has 0 amide bonds. The van der Waals surface area contributed by atoms with E-state index in [1.54, 1.807) is 0 Å². The van der Waals surface area contributed by atoms with E-state index < -0.39 is 11.4 Å². The van der Waals surface area contributed by atoms with Crippen molar-refractivity contribution in [3.8, 4) is 11.3 Å². The molecule has 18 heavy (non-hydrogen) atoms. The van der Waals surface area contributed by atoms with Crippen LogP contribution in [0.15, 0.2) is 47.4 Å². The fourth-order valence-corrected chi connectivity index (χ4v) is 1.65. The first-order valence-corrected chi connectivity index (χ1v) is 5.23. The molecule has 0 aliphatic carbocycles. The van der Waals surface area contributed by atoms with Crippen molar-refractivity contribution >= 4 is 5.97 Å². The summed E-state index contributed by atoms with van der Waals surface area (Å²) in [4.78, 5) is 27.6. The monoisotopic (exact) mass is 245 g/mol. The highest BCUT2D eigenvalue weighted by atomic mass is 16.6. The average molecular weight is 245 g/mol. The Morgan fingerprint density at radius 3 is 2.50 bits per heavy atom. The second-order valence-electron chi connectivity index (χ2n) is 3.62. The first kappa shape index (κ1) is 11.9. The molecule has 5 nitrogen and oxygen atoms in total. The Bertz CT molecular complexity index is 631. The normalized spacial score (nSPS) is 10.1. The molecule has 0 radical (unpaired) electrons. The van der Waals surface area contributed by atoms with Gasteiger partial charge in [0.1, 0.15) is 12.7 Å². The van der Waals surface area contributed by atoms with Gasteiger partial charge in [-0.3, -0.25) is 4.79 Å². The van der Waals surface area contributed by atoms with Crippen molar-refractivity contribution in [2.75, 3.05) is 7.11 Å². The molecule has 2 rings (SSSR count). The van der Waals surface area contributed by atoms with Crippen molar-refractivity contribution in [1.29, 1.82) is 0 Å². The summed E-state index contributed by atoms with van der Waals surface area (Å²) < 4.78 is 1.26. The van der Waals surface area contributed by atoms with E-state index in [9.17, 15) is 9.59 Å². The highest BCUT2D eigenvalue weighted by Crippen LogP contribution is 2.16. The van der Waals surface area contributed by atoms with Gasteiger partial charge in [0.15, 0.2) is 5.43 Å². The maximum Gasteiger partial charge on any atom is 0.341 e. The van der Waals surface area contributed by atoms with E-state index in [4.69, 9.17) is 9.94 Å². The standard InChI is InChI=1S/C13H11NO4/c1-18-14-8-10(13(16)17)12(15)7-11(14)9-5-3-2-4-6-9/h2-8H,1H3,(H,16,17). The van der Waals surface area contributed by atoms with Gasteiger partial charge >= 0.3 is 5.97 Å². The molecule has 0 atom stereocenters. The summed E-state index contributed by atoms with van der Waals surface area (Å²) >= 11 is 0. The Labute approximate surface area is 103 Å². The second-order valence-corrected chi connectivity index (χ2v) is 3.62. The van der Waals surface area contributed by atoms with Crippen LogP contribution in [0.4, 0.5) is 0 Å². The first-order valence-electron chi connectivity index (χ1n) is 5.23. The van der Waals surface area contributed by atoms with Crippen LogP contribution in [0.5, 0.6) is 0 Å². The van der Waals surface area contributed by atoms with E-state index in [1.807, 2.05) is 30.3 Å². The number of pyridine rings is 1. The lowest BCUT2D eigenvalue weighted by molar-refractivity contribution is 0.0690. The summed E-state index contributed by atoms with van der Waals surface area (Å²) in [7, 11) is 1.41. The predicted molar refractivity (Wildman–Crippen MR) is 65.6 cm³/mol. The summed E-state index contributed by atoms with van der Waals surface area (Å²) in [6.45, 7) is 0. The third-order valence-corrected chi connectivity index (χ3v) is 2.51. The second kappa shape index (κ2) is 4.75. The molecule has 0 aliphatic heterocycles. The summed E-state index contributed by atoms with van der Waals surface area (Å²) in [5.74, 6) is -1.27. The number of aromatic nitrogens is 1. The summed E-state index contributed by atoms with van der Waals surface area (Å²) in [5, 5.41) is 8.88. The molecular formula is C13H11NO4. The van der Waals surface area contributed by atoms with Crippen LogP contribution in [-0.2, 0) is 0 Å². The first-order chi connectivity index (χ1) is 8.63. The van der Waals surface area contributed by atoms with Gasteiger partial charge in [-0.05, 0) is 0 Å². The van der Waals surface area contributed by atoms with E-state index in [0.717, 1.165) is 5.56 Å². The number of aromatic carboxylic acids is 1. The molecule has 5 heteroatoms. The number of carbonyl (C=O) groups is 1. The molecule has 0 saturated heterocycles. The van der Waals surface area contributed by atoms with Gasteiger partial charge in [-0.15, -0.1) is 0 Å². The third-order valence-electron chi connectivity index (χ3n) is 2.51. The lowest BCUT2D eigenvalue weighted by Crippen LogP contribution is -2.21. The van der Waals surface area contributed by atoms with Crippen molar-refractivity contribution in [3.05, 3.63) is 58.4 Å². The predicted octanol–water partition coefficient (Wildman–Crippen LogP) is 1.27.